The molecule has 194 valence electrons. The lowest BCUT2D eigenvalue weighted by Gasteiger charge is -2.40. The van der Waals surface area contributed by atoms with Gasteiger partial charge in [-0.05, 0) is 89.1 Å². The molecule has 0 bridgehead atoms. The zero-order chi connectivity index (χ0) is 24.6. The van der Waals surface area contributed by atoms with Crippen molar-refractivity contribution in [2.24, 2.45) is 0 Å². The van der Waals surface area contributed by atoms with Gasteiger partial charge in [-0.2, -0.15) is 0 Å². The normalized spacial score (nSPS) is 20.4. The molecule has 3 aliphatic heterocycles. The van der Waals surface area contributed by atoms with E-state index in [0.29, 0.717) is 12.2 Å². The molecule has 1 aromatic carbocycles. The topological polar surface area (TPSA) is 63.7 Å². The van der Waals surface area contributed by atoms with Gasteiger partial charge in [0.1, 0.15) is 5.69 Å². The van der Waals surface area contributed by atoms with Gasteiger partial charge in [0.15, 0.2) is 0 Å². The molecule has 3 fully saturated rings. The zero-order valence-electron chi connectivity index (χ0n) is 21.6. The lowest BCUT2D eigenvalue weighted by Crippen LogP contribution is -2.47. The Morgan fingerprint density at radius 3 is 2.42 bits per heavy atom. The first-order chi connectivity index (χ1) is 17.8. The third-order valence-corrected chi connectivity index (χ3v) is 8.03. The lowest BCUT2D eigenvalue weighted by molar-refractivity contribution is 0.0901. The predicted octanol–water partition coefficient (Wildman–Crippen LogP) is 3.23. The van der Waals surface area contributed by atoms with E-state index >= 15 is 0 Å². The third kappa shape index (κ3) is 6.64. The summed E-state index contributed by atoms with van der Waals surface area (Å²) in [5.41, 5.74) is 3.61. The van der Waals surface area contributed by atoms with Crippen molar-refractivity contribution in [3.63, 3.8) is 0 Å². The van der Waals surface area contributed by atoms with Crippen LogP contribution in [-0.2, 0) is 0 Å². The fraction of sp³-hybridized carbons (Fsp3) is 0.586. The Hall–Kier alpha value is -2.48. The first-order valence-electron chi connectivity index (χ1n) is 14.0. The largest absolute Gasteiger partial charge is 0.369 e. The van der Waals surface area contributed by atoms with Crippen LogP contribution in [-0.4, -0.2) is 92.2 Å². The van der Waals surface area contributed by atoms with Crippen LogP contribution < -0.4 is 15.5 Å². The van der Waals surface area contributed by atoms with E-state index in [-0.39, 0.29) is 5.91 Å². The molecule has 2 aromatic rings. The summed E-state index contributed by atoms with van der Waals surface area (Å²) in [7, 11) is 0. The van der Waals surface area contributed by atoms with Crippen LogP contribution in [0, 0.1) is 0 Å². The van der Waals surface area contributed by atoms with E-state index in [2.05, 4.69) is 54.6 Å². The van der Waals surface area contributed by atoms with Gasteiger partial charge in [-0.1, -0.05) is 24.6 Å². The number of nitrogens with zero attached hydrogens (tertiary/aromatic N) is 4. The maximum atomic E-state index is 12.8. The second-order valence-corrected chi connectivity index (χ2v) is 10.5. The number of hydrogen-bond donors (Lipinski definition) is 2. The highest BCUT2D eigenvalue weighted by Gasteiger charge is 2.25. The molecule has 3 saturated heterocycles. The number of rotatable bonds is 8. The summed E-state index contributed by atoms with van der Waals surface area (Å²) in [4.78, 5) is 25.1. The molecule has 36 heavy (non-hydrogen) atoms. The monoisotopic (exact) mass is 490 g/mol. The molecule has 1 aromatic heterocycles. The van der Waals surface area contributed by atoms with Gasteiger partial charge in [0.25, 0.3) is 5.91 Å². The Bertz CT molecular complexity index is 960. The molecule has 3 aliphatic rings. The molecule has 0 unspecified atom stereocenters. The smallest absolute Gasteiger partial charge is 0.269 e. The Morgan fingerprint density at radius 2 is 1.67 bits per heavy atom. The predicted molar refractivity (Wildman–Crippen MR) is 147 cm³/mol. The van der Waals surface area contributed by atoms with Gasteiger partial charge in [-0.15, -0.1) is 0 Å². The number of carbonyl (C=O) groups excluding carboxylic acids is 1. The summed E-state index contributed by atoms with van der Waals surface area (Å²) >= 11 is 0. The lowest BCUT2D eigenvalue weighted by atomic mass is 10.00. The summed E-state index contributed by atoms with van der Waals surface area (Å²) < 4.78 is 0. The molecule has 0 radical (unpaired) electrons. The van der Waals surface area contributed by atoms with E-state index in [1.54, 1.807) is 6.07 Å². The van der Waals surface area contributed by atoms with Crippen LogP contribution in [0.3, 0.4) is 0 Å². The Labute approximate surface area is 216 Å². The van der Waals surface area contributed by atoms with E-state index in [1.807, 2.05) is 12.1 Å². The van der Waals surface area contributed by atoms with Crippen molar-refractivity contribution in [2.45, 2.75) is 44.6 Å². The average Bonchev–Trinajstić information content (AvgIpc) is 2.96. The van der Waals surface area contributed by atoms with Crippen LogP contribution in [0.25, 0.3) is 11.3 Å². The molecule has 1 amide bonds. The fourth-order valence-corrected chi connectivity index (χ4v) is 5.87. The van der Waals surface area contributed by atoms with Crippen molar-refractivity contribution in [2.75, 3.05) is 70.3 Å². The second kappa shape index (κ2) is 12.7. The van der Waals surface area contributed by atoms with Crippen molar-refractivity contribution >= 4 is 11.6 Å². The van der Waals surface area contributed by atoms with Crippen molar-refractivity contribution < 1.29 is 4.79 Å². The maximum absolute atomic E-state index is 12.8. The standard InChI is InChI=1S/C29H42N6O/c36-29(31-14-5-17-33-20-12-26(13-21-33)34-18-2-1-3-19-34)28-7-4-6-27(32-28)24-8-10-25(11-9-24)35-22-15-30-16-23-35/h4,6-11,26,30H,1-3,5,12-23H2,(H,31,36). The number of piperidine rings is 2. The number of amides is 1. The number of piperazine rings is 1. The van der Waals surface area contributed by atoms with Crippen LogP contribution in [0.15, 0.2) is 42.5 Å². The van der Waals surface area contributed by atoms with E-state index in [0.717, 1.165) is 56.4 Å². The first-order valence-corrected chi connectivity index (χ1v) is 14.0. The molecule has 4 heterocycles. The molecule has 2 N–H and O–H groups in total. The highest BCUT2D eigenvalue weighted by molar-refractivity contribution is 5.92. The summed E-state index contributed by atoms with van der Waals surface area (Å²) in [6.45, 7) is 10.8. The van der Waals surface area contributed by atoms with Gasteiger partial charge in [-0.25, -0.2) is 4.98 Å². The minimum atomic E-state index is -0.0851. The Balaban J connectivity index is 1.05. The first kappa shape index (κ1) is 25.2. The van der Waals surface area contributed by atoms with E-state index in [4.69, 9.17) is 0 Å². The number of aromatic nitrogens is 1. The van der Waals surface area contributed by atoms with Crippen molar-refractivity contribution in [1.29, 1.82) is 0 Å². The molecule has 0 aliphatic carbocycles. The number of likely N-dealkylation sites (tertiary alicyclic amines) is 2. The second-order valence-electron chi connectivity index (χ2n) is 10.5. The summed E-state index contributed by atoms with van der Waals surface area (Å²) in [5.74, 6) is -0.0851. The van der Waals surface area contributed by atoms with Gasteiger partial charge < -0.3 is 25.3 Å². The van der Waals surface area contributed by atoms with Gasteiger partial charge in [0.05, 0.1) is 5.69 Å². The summed E-state index contributed by atoms with van der Waals surface area (Å²) in [6.07, 6.45) is 7.72. The van der Waals surface area contributed by atoms with Gasteiger partial charge in [0.2, 0.25) is 0 Å². The molecule has 7 nitrogen and oxygen atoms in total. The van der Waals surface area contributed by atoms with E-state index in [9.17, 15) is 4.79 Å². The molecule has 7 heteroatoms. The third-order valence-electron chi connectivity index (χ3n) is 8.03. The molecule has 5 rings (SSSR count). The number of benzene rings is 1. The van der Waals surface area contributed by atoms with Gasteiger partial charge >= 0.3 is 0 Å². The highest BCUT2D eigenvalue weighted by Crippen LogP contribution is 2.23. The van der Waals surface area contributed by atoms with Crippen molar-refractivity contribution in [3.05, 3.63) is 48.2 Å². The van der Waals surface area contributed by atoms with Crippen LogP contribution in [0.5, 0.6) is 0 Å². The molecular formula is C29H42N6O. The Kier molecular flexibility index (Phi) is 8.85. The minimum absolute atomic E-state index is 0.0851. The minimum Gasteiger partial charge on any atom is -0.369 e. The Morgan fingerprint density at radius 1 is 0.917 bits per heavy atom. The number of hydrogen-bond acceptors (Lipinski definition) is 6. The number of nitrogens with one attached hydrogen (secondary N) is 2. The fourth-order valence-electron chi connectivity index (χ4n) is 5.87. The van der Waals surface area contributed by atoms with Gasteiger partial charge in [0, 0.05) is 50.0 Å². The van der Waals surface area contributed by atoms with Crippen molar-refractivity contribution in [1.82, 2.24) is 25.4 Å². The number of carbonyl (C=O) groups is 1. The number of anilines is 1. The summed E-state index contributed by atoms with van der Waals surface area (Å²) in [5, 5.41) is 6.47. The van der Waals surface area contributed by atoms with Gasteiger partial charge in [-0.3, -0.25) is 4.79 Å². The molecule has 0 spiro atoms. The van der Waals surface area contributed by atoms with E-state index in [1.165, 1.54) is 64.0 Å². The van der Waals surface area contributed by atoms with Crippen LogP contribution in [0.2, 0.25) is 0 Å². The average molecular weight is 491 g/mol. The van der Waals surface area contributed by atoms with Crippen LogP contribution in [0.1, 0.15) is 49.0 Å². The highest BCUT2D eigenvalue weighted by atomic mass is 16.1. The van der Waals surface area contributed by atoms with E-state index < -0.39 is 0 Å². The number of pyridine rings is 1. The maximum Gasteiger partial charge on any atom is 0.269 e. The molecule has 0 atom stereocenters. The summed E-state index contributed by atoms with van der Waals surface area (Å²) in [6, 6.07) is 15.0. The van der Waals surface area contributed by atoms with Crippen LogP contribution in [0.4, 0.5) is 5.69 Å². The van der Waals surface area contributed by atoms with Crippen molar-refractivity contribution in [3.8, 4) is 11.3 Å². The zero-order valence-corrected chi connectivity index (χ0v) is 21.6. The SMILES string of the molecule is O=C(NCCCN1CCC(N2CCCCC2)CC1)c1cccc(-c2ccc(N3CCNCC3)cc2)n1. The van der Waals surface area contributed by atoms with Crippen LogP contribution >= 0.6 is 0 Å². The molecular weight excluding hydrogens is 448 g/mol. The quantitative estimate of drug-likeness (QED) is 0.554. The molecule has 0 saturated carbocycles.